The number of aromatic amines is 1. The number of benzene rings is 2. The fraction of sp³-hybridized carbons (Fsp3) is 0.304. The first-order chi connectivity index (χ1) is 14.4. The summed E-state index contributed by atoms with van der Waals surface area (Å²) >= 11 is 0. The van der Waals surface area contributed by atoms with E-state index in [1.807, 2.05) is 0 Å². The SMILES string of the molecule is Cc1cccc(N2CCN(Cc3c[nH]c4ccccc34)CC2)c1C.O=C(O)C(=O)O. The molecular formula is C23H27N3O4. The number of carbonyl (C=O) groups is 2. The first-order valence-corrected chi connectivity index (χ1v) is 9.91. The maximum atomic E-state index is 9.10. The van der Waals surface area contributed by atoms with Crippen LogP contribution in [0.5, 0.6) is 0 Å². The van der Waals surface area contributed by atoms with Crippen LogP contribution in [0.2, 0.25) is 0 Å². The molecule has 0 atom stereocenters. The summed E-state index contributed by atoms with van der Waals surface area (Å²) in [4.78, 5) is 26.7. The predicted molar refractivity (Wildman–Crippen MR) is 117 cm³/mol. The maximum Gasteiger partial charge on any atom is 0.414 e. The van der Waals surface area contributed by atoms with Crippen LogP contribution in [0.4, 0.5) is 5.69 Å². The lowest BCUT2D eigenvalue weighted by Crippen LogP contribution is -2.46. The molecule has 4 rings (SSSR count). The Kier molecular flexibility index (Phi) is 6.74. The van der Waals surface area contributed by atoms with E-state index in [1.165, 1.54) is 33.3 Å². The zero-order chi connectivity index (χ0) is 21.7. The number of aromatic nitrogens is 1. The van der Waals surface area contributed by atoms with E-state index in [0.717, 1.165) is 32.7 Å². The number of rotatable bonds is 3. The van der Waals surface area contributed by atoms with E-state index in [9.17, 15) is 0 Å². The Balaban J connectivity index is 0.000000377. The van der Waals surface area contributed by atoms with Crippen molar-refractivity contribution in [1.82, 2.24) is 9.88 Å². The van der Waals surface area contributed by atoms with Crippen LogP contribution in [0.3, 0.4) is 0 Å². The van der Waals surface area contributed by atoms with Crippen molar-refractivity contribution in [1.29, 1.82) is 0 Å². The van der Waals surface area contributed by atoms with Crippen molar-refractivity contribution in [2.75, 3.05) is 31.1 Å². The summed E-state index contributed by atoms with van der Waals surface area (Å²) in [5.41, 5.74) is 6.85. The molecule has 30 heavy (non-hydrogen) atoms. The van der Waals surface area contributed by atoms with E-state index in [4.69, 9.17) is 19.8 Å². The van der Waals surface area contributed by atoms with Gasteiger partial charge in [0, 0.05) is 55.5 Å². The normalized spacial score (nSPS) is 14.3. The van der Waals surface area contributed by atoms with E-state index in [0.29, 0.717) is 0 Å². The van der Waals surface area contributed by atoms with Crippen molar-refractivity contribution in [3.63, 3.8) is 0 Å². The highest BCUT2D eigenvalue weighted by molar-refractivity contribution is 6.27. The third-order valence-electron chi connectivity index (χ3n) is 5.54. The van der Waals surface area contributed by atoms with Crippen molar-refractivity contribution >= 4 is 28.5 Å². The number of hydrogen-bond donors (Lipinski definition) is 3. The third-order valence-corrected chi connectivity index (χ3v) is 5.54. The quantitative estimate of drug-likeness (QED) is 0.575. The smallest absolute Gasteiger partial charge is 0.414 e. The molecule has 0 bridgehead atoms. The van der Waals surface area contributed by atoms with Gasteiger partial charge in [-0.25, -0.2) is 9.59 Å². The Labute approximate surface area is 175 Å². The van der Waals surface area contributed by atoms with Crippen molar-refractivity contribution in [3.8, 4) is 0 Å². The number of carboxylic acid groups (broad SMARTS) is 2. The number of aliphatic carboxylic acids is 2. The average Bonchev–Trinajstić information content (AvgIpc) is 3.14. The van der Waals surface area contributed by atoms with Crippen LogP contribution in [-0.2, 0) is 16.1 Å². The lowest BCUT2D eigenvalue weighted by molar-refractivity contribution is -0.159. The fourth-order valence-corrected chi connectivity index (χ4v) is 3.73. The Morgan fingerprint density at radius 3 is 2.27 bits per heavy atom. The van der Waals surface area contributed by atoms with E-state index in [1.54, 1.807) is 0 Å². The van der Waals surface area contributed by atoms with Gasteiger partial charge < -0.3 is 20.1 Å². The predicted octanol–water partition coefficient (Wildman–Crippen LogP) is 3.26. The number of piperazine rings is 1. The molecule has 0 aliphatic carbocycles. The highest BCUT2D eigenvalue weighted by Gasteiger charge is 2.19. The van der Waals surface area contributed by atoms with Gasteiger partial charge >= 0.3 is 11.9 Å². The molecule has 158 valence electrons. The van der Waals surface area contributed by atoms with Crippen LogP contribution >= 0.6 is 0 Å². The molecule has 3 N–H and O–H groups in total. The monoisotopic (exact) mass is 409 g/mol. The van der Waals surface area contributed by atoms with Gasteiger partial charge in [0.05, 0.1) is 0 Å². The van der Waals surface area contributed by atoms with Gasteiger partial charge in [-0.1, -0.05) is 30.3 Å². The number of nitrogens with one attached hydrogen (secondary N) is 1. The minimum Gasteiger partial charge on any atom is -0.473 e. The van der Waals surface area contributed by atoms with Crippen molar-refractivity contribution in [2.45, 2.75) is 20.4 Å². The van der Waals surface area contributed by atoms with Gasteiger partial charge in [-0.3, -0.25) is 4.90 Å². The van der Waals surface area contributed by atoms with Crippen LogP contribution in [0, 0.1) is 13.8 Å². The second-order valence-electron chi connectivity index (χ2n) is 7.45. The van der Waals surface area contributed by atoms with Crippen LogP contribution in [0.25, 0.3) is 10.9 Å². The van der Waals surface area contributed by atoms with E-state index < -0.39 is 11.9 Å². The Hall–Kier alpha value is -3.32. The molecule has 1 saturated heterocycles. The Morgan fingerprint density at radius 1 is 0.933 bits per heavy atom. The number of H-pyrrole nitrogens is 1. The first-order valence-electron chi connectivity index (χ1n) is 9.91. The summed E-state index contributed by atoms with van der Waals surface area (Å²) in [6.45, 7) is 9.92. The summed E-state index contributed by atoms with van der Waals surface area (Å²) in [6.07, 6.45) is 2.17. The van der Waals surface area contributed by atoms with Crippen molar-refractivity contribution in [2.24, 2.45) is 0 Å². The standard InChI is InChI=1S/C21H25N3.C2H2O4/c1-16-6-5-9-21(17(16)2)24-12-10-23(11-13-24)15-18-14-22-20-8-4-3-7-19(18)20;3-1(4)2(5)6/h3-9,14,22H,10-13,15H2,1-2H3;(H,3,4)(H,5,6). The van der Waals surface area contributed by atoms with Gasteiger partial charge in [0.2, 0.25) is 0 Å². The van der Waals surface area contributed by atoms with Gasteiger partial charge in [-0.15, -0.1) is 0 Å². The summed E-state index contributed by atoms with van der Waals surface area (Å²) in [7, 11) is 0. The molecule has 1 aliphatic heterocycles. The Bertz CT molecular complexity index is 1020. The Morgan fingerprint density at radius 2 is 1.60 bits per heavy atom. The second kappa shape index (κ2) is 9.45. The minimum atomic E-state index is -1.82. The highest BCUT2D eigenvalue weighted by Crippen LogP contribution is 2.25. The largest absolute Gasteiger partial charge is 0.473 e. The summed E-state index contributed by atoms with van der Waals surface area (Å²) < 4.78 is 0. The zero-order valence-electron chi connectivity index (χ0n) is 17.3. The van der Waals surface area contributed by atoms with Crippen LogP contribution in [-0.4, -0.2) is 58.2 Å². The van der Waals surface area contributed by atoms with Gasteiger partial charge in [-0.05, 0) is 42.7 Å². The molecule has 1 fully saturated rings. The lowest BCUT2D eigenvalue weighted by Gasteiger charge is -2.37. The molecule has 1 aromatic heterocycles. The van der Waals surface area contributed by atoms with Gasteiger partial charge in [-0.2, -0.15) is 0 Å². The summed E-state index contributed by atoms with van der Waals surface area (Å²) in [5.74, 6) is -3.65. The average molecular weight is 409 g/mol. The molecular weight excluding hydrogens is 382 g/mol. The maximum absolute atomic E-state index is 9.10. The molecule has 3 aromatic rings. The molecule has 0 radical (unpaired) electrons. The molecule has 2 aromatic carbocycles. The molecule has 7 nitrogen and oxygen atoms in total. The number of fused-ring (bicyclic) bond motifs is 1. The first kappa shape index (κ1) is 21.4. The lowest BCUT2D eigenvalue weighted by atomic mass is 10.1. The molecule has 1 aliphatic rings. The van der Waals surface area contributed by atoms with Gasteiger partial charge in [0.1, 0.15) is 0 Å². The number of aryl methyl sites for hydroxylation is 1. The third kappa shape index (κ3) is 4.99. The molecule has 0 spiro atoms. The molecule has 0 unspecified atom stereocenters. The topological polar surface area (TPSA) is 96.9 Å². The number of hydrogen-bond acceptors (Lipinski definition) is 4. The van der Waals surface area contributed by atoms with Gasteiger partial charge in [0.25, 0.3) is 0 Å². The summed E-state index contributed by atoms with van der Waals surface area (Å²) in [6, 6.07) is 15.2. The van der Waals surface area contributed by atoms with Crippen LogP contribution in [0.1, 0.15) is 16.7 Å². The highest BCUT2D eigenvalue weighted by atomic mass is 16.4. The zero-order valence-corrected chi connectivity index (χ0v) is 17.3. The van der Waals surface area contributed by atoms with Gasteiger partial charge in [0.15, 0.2) is 0 Å². The number of nitrogens with zero attached hydrogens (tertiary/aromatic N) is 2. The molecule has 0 amide bonds. The number of anilines is 1. The molecule has 7 heteroatoms. The van der Waals surface area contributed by atoms with Crippen molar-refractivity contribution < 1.29 is 19.8 Å². The van der Waals surface area contributed by atoms with Crippen molar-refractivity contribution in [3.05, 3.63) is 65.4 Å². The number of para-hydroxylation sites is 1. The van der Waals surface area contributed by atoms with E-state index in [-0.39, 0.29) is 0 Å². The summed E-state index contributed by atoms with van der Waals surface area (Å²) in [5, 5.41) is 16.1. The van der Waals surface area contributed by atoms with E-state index >= 15 is 0 Å². The minimum absolute atomic E-state index is 1.03. The number of carboxylic acids is 2. The second-order valence-corrected chi connectivity index (χ2v) is 7.45. The fourth-order valence-electron chi connectivity index (χ4n) is 3.73. The van der Waals surface area contributed by atoms with Crippen LogP contribution in [0.15, 0.2) is 48.7 Å². The van der Waals surface area contributed by atoms with Crippen LogP contribution < -0.4 is 4.90 Å². The molecule has 2 heterocycles. The molecule has 0 saturated carbocycles. The van der Waals surface area contributed by atoms with E-state index in [2.05, 4.69) is 77.3 Å².